The molecular formula is C13H22F3NO2. The van der Waals surface area contributed by atoms with Crippen LogP contribution in [0.1, 0.15) is 40.0 Å². The molecule has 112 valence electrons. The third-order valence-corrected chi connectivity index (χ3v) is 3.50. The molecule has 19 heavy (non-hydrogen) atoms. The SMILES string of the molecule is CC(C)NC1(C(=O)CC(C)C(F)(F)F)CCOCC1. The predicted molar refractivity (Wildman–Crippen MR) is 65.9 cm³/mol. The molecular weight excluding hydrogens is 259 g/mol. The molecule has 1 unspecified atom stereocenters. The number of rotatable bonds is 5. The van der Waals surface area contributed by atoms with Gasteiger partial charge in [-0.15, -0.1) is 0 Å². The van der Waals surface area contributed by atoms with Crippen molar-refractivity contribution in [3.05, 3.63) is 0 Å². The average Bonchev–Trinajstić information content (AvgIpc) is 2.27. The Morgan fingerprint density at radius 3 is 2.21 bits per heavy atom. The summed E-state index contributed by atoms with van der Waals surface area (Å²) in [5, 5.41) is 3.15. The summed E-state index contributed by atoms with van der Waals surface area (Å²) >= 11 is 0. The first-order valence-corrected chi connectivity index (χ1v) is 6.63. The lowest BCUT2D eigenvalue weighted by molar-refractivity contribution is -0.175. The Labute approximate surface area is 111 Å². The molecule has 0 saturated carbocycles. The molecule has 0 bridgehead atoms. The van der Waals surface area contributed by atoms with E-state index in [0.29, 0.717) is 26.1 Å². The minimum atomic E-state index is -4.32. The van der Waals surface area contributed by atoms with Crippen molar-refractivity contribution in [2.45, 2.75) is 57.8 Å². The number of nitrogens with one attached hydrogen (secondary N) is 1. The van der Waals surface area contributed by atoms with Crippen LogP contribution in [0.2, 0.25) is 0 Å². The Hall–Kier alpha value is -0.620. The van der Waals surface area contributed by atoms with Gasteiger partial charge >= 0.3 is 6.18 Å². The van der Waals surface area contributed by atoms with Gasteiger partial charge in [-0.25, -0.2) is 0 Å². The maximum absolute atomic E-state index is 12.6. The first-order valence-electron chi connectivity index (χ1n) is 6.63. The van der Waals surface area contributed by atoms with Gasteiger partial charge in [-0.05, 0) is 26.7 Å². The molecule has 1 fully saturated rings. The highest BCUT2D eigenvalue weighted by Crippen LogP contribution is 2.32. The van der Waals surface area contributed by atoms with Crippen LogP contribution < -0.4 is 5.32 Å². The molecule has 0 amide bonds. The van der Waals surface area contributed by atoms with Crippen LogP contribution in [0.3, 0.4) is 0 Å². The van der Waals surface area contributed by atoms with E-state index in [9.17, 15) is 18.0 Å². The van der Waals surface area contributed by atoms with Crippen molar-refractivity contribution in [1.82, 2.24) is 5.32 Å². The van der Waals surface area contributed by atoms with Crippen LogP contribution in [0, 0.1) is 5.92 Å². The van der Waals surface area contributed by atoms with Gasteiger partial charge in [0.15, 0.2) is 5.78 Å². The smallest absolute Gasteiger partial charge is 0.381 e. The number of carbonyl (C=O) groups excluding carboxylic acids is 1. The Morgan fingerprint density at radius 1 is 1.26 bits per heavy atom. The molecule has 0 aromatic rings. The molecule has 1 rings (SSSR count). The first-order chi connectivity index (χ1) is 8.67. The van der Waals surface area contributed by atoms with Crippen molar-refractivity contribution in [2.24, 2.45) is 5.92 Å². The van der Waals surface area contributed by atoms with E-state index in [1.807, 2.05) is 13.8 Å². The lowest BCUT2D eigenvalue weighted by Crippen LogP contribution is -2.58. The van der Waals surface area contributed by atoms with Gasteiger partial charge in [-0.3, -0.25) is 4.79 Å². The molecule has 1 N–H and O–H groups in total. The summed E-state index contributed by atoms with van der Waals surface area (Å²) in [5.74, 6) is -1.96. The summed E-state index contributed by atoms with van der Waals surface area (Å²) in [7, 11) is 0. The van der Waals surface area contributed by atoms with Gasteiger partial charge in [-0.2, -0.15) is 13.2 Å². The molecule has 1 aliphatic heterocycles. The zero-order chi connectivity index (χ0) is 14.7. The molecule has 1 atom stereocenters. The highest BCUT2D eigenvalue weighted by atomic mass is 19.4. The van der Waals surface area contributed by atoms with Gasteiger partial charge in [0.2, 0.25) is 0 Å². The highest BCUT2D eigenvalue weighted by Gasteiger charge is 2.44. The molecule has 0 spiro atoms. The van der Waals surface area contributed by atoms with E-state index >= 15 is 0 Å². The standard InChI is InChI=1S/C13H22F3NO2/c1-9(2)17-12(4-6-19-7-5-12)11(18)8-10(3)13(14,15)16/h9-10,17H,4-8H2,1-3H3. The van der Waals surface area contributed by atoms with Crippen LogP contribution in [0.5, 0.6) is 0 Å². The molecule has 1 heterocycles. The number of hydrogen-bond donors (Lipinski definition) is 1. The Bertz CT molecular complexity index is 310. The summed E-state index contributed by atoms with van der Waals surface area (Å²) in [6, 6.07) is 0.0447. The minimum Gasteiger partial charge on any atom is -0.381 e. The molecule has 1 saturated heterocycles. The van der Waals surface area contributed by atoms with Crippen LogP contribution in [0.25, 0.3) is 0 Å². The van der Waals surface area contributed by atoms with Crippen LogP contribution in [-0.4, -0.2) is 36.8 Å². The lowest BCUT2D eigenvalue weighted by atomic mass is 9.81. The predicted octanol–water partition coefficient (Wildman–Crippen LogP) is 2.69. The van der Waals surface area contributed by atoms with Crippen LogP contribution in [-0.2, 0) is 9.53 Å². The number of alkyl halides is 3. The van der Waals surface area contributed by atoms with Gasteiger partial charge in [0.25, 0.3) is 0 Å². The van der Waals surface area contributed by atoms with E-state index < -0.39 is 24.1 Å². The van der Waals surface area contributed by atoms with Gasteiger partial charge in [0.05, 0.1) is 11.5 Å². The fourth-order valence-electron chi connectivity index (χ4n) is 2.37. The van der Waals surface area contributed by atoms with E-state index in [4.69, 9.17) is 4.74 Å². The van der Waals surface area contributed by atoms with Crippen molar-refractivity contribution >= 4 is 5.78 Å². The van der Waals surface area contributed by atoms with Gasteiger partial charge in [0, 0.05) is 25.7 Å². The zero-order valence-electron chi connectivity index (χ0n) is 11.6. The van der Waals surface area contributed by atoms with E-state index in [1.54, 1.807) is 0 Å². The molecule has 0 aromatic carbocycles. The van der Waals surface area contributed by atoms with Gasteiger partial charge in [0.1, 0.15) is 0 Å². The summed E-state index contributed by atoms with van der Waals surface area (Å²) in [4.78, 5) is 12.3. The quantitative estimate of drug-likeness (QED) is 0.842. The summed E-state index contributed by atoms with van der Waals surface area (Å²) in [6.07, 6.45) is -3.91. The van der Waals surface area contributed by atoms with Crippen molar-refractivity contribution in [1.29, 1.82) is 0 Å². The number of ketones is 1. The van der Waals surface area contributed by atoms with Crippen LogP contribution in [0.4, 0.5) is 13.2 Å². The number of halogens is 3. The van der Waals surface area contributed by atoms with E-state index in [0.717, 1.165) is 6.92 Å². The molecule has 0 aliphatic carbocycles. The second-order valence-electron chi connectivity index (χ2n) is 5.56. The second-order valence-corrected chi connectivity index (χ2v) is 5.56. The molecule has 1 aliphatic rings. The number of Topliss-reactive ketones (excluding diaryl/α,β-unsaturated/α-hetero) is 1. The van der Waals surface area contributed by atoms with E-state index in [2.05, 4.69) is 5.32 Å². The Kier molecular flexibility index (Phi) is 5.38. The van der Waals surface area contributed by atoms with Gasteiger partial charge < -0.3 is 10.1 Å². The normalized spacial score (nSPS) is 21.4. The van der Waals surface area contributed by atoms with E-state index in [-0.39, 0.29) is 11.8 Å². The monoisotopic (exact) mass is 281 g/mol. The number of carbonyl (C=O) groups is 1. The van der Waals surface area contributed by atoms with Crippen molar-refractivity contribution in [2.75, 3.05) is 13.2 Å². The highest BCUT2D eigenvalue weighted by molar-refractivity contribution is 5.88. The maximum Gasteiger partial charge on any atom is 0.391 e. The second kappa shape index (κ2) is 6.22. The lowest BCUT2D eigenvalue weighted by Gasteiger charge is -2.39. The fraction of sp³-hybridized carbons (Fsp3) is 0.923. The van der Waals surface area contributed by atoms with Crippen molar-refractivity contribution in [3.8, 4) is 0 Å². The summed E-state index contributed by atoms with van der Waals surface area (Å²) in [6.45, 7) is 5.65. The van der Waals surface area contributed by atoms with Gasteiger partial charge in [-0.1, -0.05) is 6.92 Å². The zero-order valence-corrected chi connectivity index (χ0v) is 11.6. The molecule has 6 heteroatoms. The summed E-state index contributed by atoms with van der Waals surface area (Å²) < 4.78 is 42.9. The Balaban J connectivity index is 2.77. The molecule has 0 aromatic heterocycles. The topological polar surface area (TPSA) is 38.3 Å². The summed E-state index contributed by atoms with van der Waals surface area (Å²) in [5.41, 5.74) is -0.855. The third-order valence-electron chi connectivity index (χ3n) is 3.50. The molecule has 0 radical (unpaired) electrons. The fourth-order valence-corrected chi connectivity index (χ4v) is 2.37. The number of ether oxygens (including phenoxy) is 1. The largest absolute Gasteiger partial charge is 0.391 e. The molecule has 3 nitrogen and oxygen atoms in total. The Morgan fingerprint density at radius 2 is 1.79 bits per heavy atom. The van der Waals surface area contributed by atoms with Crippen molar-refractivity contribution in [3.63, 3.8) is 0 Å². The minimum absolute atomic E-state index is 0.0447. The van der Waals surface area contributed by atoms with Crippen LogP contribution >= 0.6 is 0 Å². The maximum atomic E-state index is 12.6. The van der Waals surface area contributed by atoms with Crippen LogP contribution in [0.15, 0.2) is 0 Å². The van der Waals surface area contributed by atoms with Crippen molar-refractivity contribution < 1.29 is 22.7 Å². The van der Waals surface area contributed by atoms with E-state index in [1.165, 1.54) is 0 Å². The third kappa shape index (κ3) is 4.45. The first kappa shape index (κ1) is 16.4. The average molecular weight is 281 g/mol. The number of hydrogen-bond acceptors (Lipinski definition) is 3.